The molecule has 1 aromatic rings. The van der Waals surface area contributed by atoms with Crippen molar-refractivity contribution < 1.29 is 9.47 Å². The molecule has 0 aliphatic heterocycles. The van der Waals surface area contributed by atoms with Gasteiger partial charge in [-0.25, -0.2) is 5.43 Å². The van der Waals surface area contributed by atoms with E-state index in [2.05, 4.69) is 18.4 Å². The zero-order valence-electron chi connectivity index (χ0n) is 13.4. The molecule has 0 aromatic heterocycles. The Bertz CT molecular complexity index is 452. The first-order valence-electron chi connectivity index (χ1n) is 7.90. The second-order valence-corrected chi connectivity index (χ2v) is 6.04. The minimum Gasteiger partial charge on any atom is -0.494 e. The molecular weight excluding hydrogens is 264 g/mol. The van der Waals surface area contributed by atoms with Crippen molar-refractivity contribution in [1.82, 2.24) is 5.43 Å². The van der Waals surface area contributed by atoms with Crippen LogP contribution in [0.2, 0.25) is 0 Å². The third kappa shape index (κ3) is 3.39. The Morgan fingerprint density at radius 1 is 1.43 bits per heavy atom. The van der Waals surface area contributed by atoms with Crippen LogP contribution in [0.25, 0.3) is 0 Å². The molecule has 0 bridgehead atoms. The molecule has 0 amide bonds. The van der Waals surface area contributed by atoms with Crippen molar-refractivity contribution in [1.29, 1.82) is 0 Å². The number of rotatable bonds is 6. The van der Waals surface area contributed by atoms with E-state index in [1.165, 1.54) is 12.8 Å². The molecule has 0 radical (unpaired) electrons. The monoisotopic (exact) mass is 292 g/mol. The highest BCUT2D eigenvalue weighted by Gasteiger charge is 2.43. The zero-order chi connectivity index (χ0) is 15.3. The maximum absolute atomic E-state index is 5.99. The fourth-order valence-corrected chi connectivity index (χ4v) is 3.64. The molecule has 1 saturated carbocycles. The standard InChI is InChI=1S/C17H28N2O2/c1-4-21-15-10-6-5-9-14(15)16(19-18)17(20-3)11-7-8-13(2)12-17/h5-6,9-10,13,16,19H,4,7-8,11-12,18H2,1-3H3. The van der Waals surface area contributed by atoms with Crippen molar-refractivity contribution >= 4 is 0 Å². The molecule has 0 spiro atoms. The summed E-state index contributed by atoms with van der Waals surface area (Å²) in [5, 5.41) is 0. The van der Waals surface area contributed by atoms with Gasteiger partial charge in [-0.15, -0.1) is 0 Å². The summed E-state index contributed by atoms with van der Waals surface area (Å²) in [6.45, 7) is 4.93. The number of para-hydroxylation sites is 1. The maximum atomic E-state index is 5.99. The smallest absolute Gasteiger partial charge is 0.124 e. The van der Waals surface area contributed by atoms with Gasteiger partial charge in [0, 0.05) is 12.7 Å². The highest BCUT2D eigenvalue weighted by Crippen LogP contribution is 2.44. The Hall–Kier alpha value is -1.10. The third-order valence-corrected chi connectivity index (χ3v) is 4.62. The van der Waals surface area contributed by atoms with Crippen LogP contribution in [0, 0.1) is 5.92 Å². The van der Waals surface area contributed by atoms with E-state index in [0.717, 1.165) is 24.2 Å². The number of nitrogens with two attached hydrogens (primary N) is 1. The van der Waals surface area contributed by atoms with E-state index < -0.39 is 0 Å². The molecule has 1 aliphatic carbocycles. The Morgan fingerprint density at radius 3 is 2.81 bits per heavy atom. The van der Waals surface area contributed by atoms with Crippen LogP contribution in [0.5, 0.6) is 5.75 Å². The first kappa shape index (κ1) is 16.3. The fraction of sp³-hybridized carbons (Fsp3) is 0.647. The average Bonchev–Trinajstić information content (AvgIpc) is 2.50. The molecule has 1 aliphatic rings. The highest BCUT2D eigenvalue weighted by atomic mass is 16.5. The Morgan fingerprint density at radius 2 is 2.19 bits per heavy atom. The van der Waals surface area contributed by atoms with Gasteiger partial charge in [-0.05, 0) is 31.7 Å². The van der Waals surface area contributed by atoms with Crippen molar-refractivity contribution in [2.45, 2.75) is 51.2 Å². The summed E-state index contributed by atoms with van der Waals surface area (Å²) in [7, 11) is 1.80. The van der Waals surface area contributed by atoms with Crippen LogP contribution in [0.3, 0.4) is 0 Å². The van der Waals surface area contributed by atoms with Crippen LogP contribution in [-0.4, -0.2) is 19.3 Å². The number of hydrazine groups is 1. The minimum atomic E-state index is -0.264. The van der Waals surface area contributed by atoms with Crippen LogP contribution in [-0.2, 0) is 4.74 Å². The van der Waals surface area contributed by atoms with Gasteiger partial charge < -0.3 is 9.47 Å². The first-order chi connectivity index (χ1) is 10.2. The van der Waals surface area contributed by atoms with Crippen LogP contribution in [0.15, 0.2) is 24.3 Å². The maximum Gasteiger partial charge on any atom is 0.124 e. The highest BCUT2D eigenvalue weighted by molar-refractivity contribution is 5.37. The van der Waals surface area contributed by atoms with E-state index in [9.17, 15) is 0 Å². The molecule has 21 heavy (non-hydrogen) atoms. The van der Waals surface area contributed by atoms with Gasteiger partial charge in [0.15, 0.2) is 0 Å². The lowest BCUT2D eigenvalue weighted by atomic mass is 9.72. The summed E-state index contributed by atoms with van der Waals surface area (Å²) in [6, 6.07) is 8.03. The van der Waals surface area contributed by atoms with E-state index in [4.69, 9.17) is 15.3 Å². The van der Waals surface area contributed by atoms with Gasteiger partial charge in [-0.1, -0.05) is 38.0 Å². The van der Waals surface area contributed by atoms with Gasteiger partial charge in [-0.2, -0.15) is 0 Å². The molecular formula is C17H28N2O2. The summed E-state index contributed by atoms with van der Waals surface area (Å²) in [5.74, 6) is 7.46. The van der Waals surface area contributed by atoms with Crippen molar-refractivity contribution in [3.05, 3.63) is 29.8 Å². The summed E-state index contributed by atoms with van der Waals surface area (Å²) in [5.41, 5.74) is 3.81. The van der Waals surface area contributed by atoms with Crippen LogP contribution in [0.1, 0.15) is 51.1 Å². The molecule has 3 atom stereocenters. The number of hydrogen-bond donors (Lipinski definition) is 2. The molecule has 3 unspecified atom stereocenters. The lowest BCUT2D eigenvalue weighted by Crippen LogP contribution is -2.50. The summed E-state index contributed by atoms with van der Waals surface area (Å²) in [6.07, 6.45) is 4.46. The number of methoxy groups -OCH3 is 1. The molecule has 4 nitrogen and oxygen atoms in total. The van der Waals surface area contributed by atoms with Crippen molar-refractivity contribution in [3.63, 3.8) is 0 Å². The molecule has 2 rings (SSSR count). The van der Waals surface area contributed by atoms with Crippen molar-refractivity contribution in [3.8, 4) is 5.75 Å². The second kappa shape index (κ2) is 7.25. The molecule has 1 aromatic carbocycles. The van der Waals surface area contributed by atoms with Gasteiger partial charge in [0.2, 0.25) is 0 Å². The largest absolute Gasteiger partial charge is 0.494 e. The zero-order valence-corrected chi connectivity index (χ0v) is 13.4. The van der Waals surface area contributed by atoms with E-state index in [0.29, 0.717) is 12.5 Å². The lowest BCUT2D eigenvalue weighted by Gasteiger charge is -2.44. The summed E-state index contributed by atoms with van der Waals surface area (Å²) in [4.78, 5) is 0. The number of ether oxygens (including phenoxy) is 2. The average molecular weight is 292 g/mol. The molecule has 3 N–H and O–H groups in total. The lowest BCUT2D eigenvalue weighted by molar-refractivity contribution is -0.0810. The normalized spacial score (nSPS) is 27.3. The minimum absolute atomic E-state index is 0.0620. The van der Waals surface area contributed by atoms with Crippen LogP contribution < -0.4 is 16.0 Å². The quantitative estimate of drug-likeness (QED) is 0.624. The number of hydrogen-bond acceptors (Lipinski definition) is 4. The SMILES string of the molecule is CCOc1ccccc1C(NN)C1(OC)CCCC(C)C1. The van der Waals surface area contributed by atoms with Gasteiger partial charge in [0.05, 0.1) is 18.2 Å². The second-order valence-electron chi connectivity index (χ2n) is 6.04. The molecule has 0 heterocycles. The first-order valence-corrected chi connectivity index (χ1v) is 7.90. The number of benzene rings is 1. The molecule has 0 saturated heterocycles. The predicted molar refractivity (Wildman–Crippen MR) is 85.0 cm³/mol. The van der Waals surface area contributed by atoms with Gasteiger partial charge in [0.25, 0.3) is 0 Å². The van der Waals surface area contributed by atoms with Crippen molar-refractivity contribution in [2.75, 3.05) is 13.7 Å². The van der Waals surface area contributed by atoms with E-state index >= 15 is 0 Å². The topological polar surface area (TPSA) is 56.5 Å². The van der Waals surface area contributed by atoms with Gasteiger partial charge in [-0.3, -0.25) is 5.84 Å². The van der Waals surface area contributed by atoms with Gasteiger partial charge >= 0.3 is 0 Å². The van der Waals surface area contributed by atoms with Crippen molar-refractivity contribution in [2.24, 2.45) is 11.8 Å². The third-order valence-electron chi connectivity index (χ3n) is 4.62. The molecule has 4 heteroatoms. The molecule has 118 valence electrons. The Kier molecular flexibility index (Phi) is 5.62. The van der Waals surface area contributed by atoms with Gasteiger partial charge in [0.1, 0.15) is 5.75 Å². The Balaban J connectivity index is 2.37. The fourth-order valence-electron chi connectivity index (χ4n) is 3.64. The van der Waals surface area contributed by atoms with E-state index in [1.54, 1.807) is 7.11 Å². The summed E-state index contributed by atoms with van der Waals surface area (Å²) < 4.78 is 11.8. The molecule has 1 fully saturated rings. The van der Waals surface area contributed by atoms with Crippen LogP contribution >= 0.6 is 0 Å². The predicted octanol–water partition coefficient (Wildman–Crippen LogP) is 3.19. The van der Waals surface area contributed by atoms with E-state index in [1.807, 2.05) is 25.1 Å². The van der Waals surface area contributed by atoms with E-state index in [-0.39, 0.29) is 11.6 Å². The Labute approximate surface area is 128 Å². The van der Waals surface area contributed by atoms with Crippen LogP contribution in [0.4, 0.5) is 0 Å². The summed E-state index contributed by atoms with van der Waals surface area (Å²) >= 11 is 0. The number of nitrogens with one attached hydrogen (secondary N) is 1.